The lowest BCUT2D eigenvalue weighted by molar-refractivity contribution is 0.100. The van der Waals surface area contributed by atoms with Crippen LogP contribution in [-0.4, -0.2) is 12.5 Å². The number of amides is 1. The molecular weight excluding hydrogens is 248 g/mol. The Morgan fingerprint density at radius 2 is 1.80 bits per heavy atom. The second-order valence-electron chi connectivity index (χ2n) is 4.83. The van der Waals surface area contributed by atoms with Gasteiger partial charge in [0.15, 0.2) is 0 Å². The normalized spacial score (nSPS) is 10.3. The minimum absolute atomic E-state index is 0.404. The summed E-state index contributed by atoms with van der Waals surface area (Å²) in [6, 6.07) is 13.8. The molecule has 0 radical (unpaired) electrons. The standard InChI is InChI=1S/C17H20N2O/c1-3-11-19-16-14(9-6-10-15(16)17(18)20)13-8-5-4-7-12(13)2/h4-10,19H,3,11H2,1-2H3,(H2,18,20). The van der Waals surface area contributed by atoms with Gasteiger partial charge in [-0.3, -0.25) is 4.79 Å². The van der Waals surface area contributed by atoms with Gasteiger partial charge in [0.1, 0.15) is 0 Å². The first-order valence-corrected chi connectivity index (χ1v) is 6.87. The molecule has 0 atom stereocenters. The minimum atomic E-state index is -0.404. The van der Waals surface area contributed by atoms with Crippen LogP contribution >= 0.6 is 0 Å². The van der Waals surface area contributed by atoms with Gasteiger partial charge in [-0.25, -0.2) is 0 Å². The predicted octanol–water partition coefficient (Wildman–Crippen LogP) is 3.58. The lowest BCUT2D eigenvalue weighted by Crippen LogP contribution is -2.15. The Kier molecular flexibility index (Phi) is 4.41. The van der Waals surface area contributed by atoms with E-state index in [0.717, 1.165) is 29.8 Å². The van der Waals surface area contributed by atoms with Gasteiger partial charge in [-0.05, 0) is 30.5 Å². The predicted molar refractivity (Wildman–Crippen MR) is 83.9 cm³/mol. The summed E-state index contributed by atoms with van der Waals surface area (Å²) in [6.07, 6.45) is 0.986. The van der Waals surface area contributed by atoms with Crippen LogP contribution in [0.5, 0.6) is 0 Å². The summed E-state index contributed by atoms with van der Waals surface area (Å²) in [5, 5.41) is 3.34. The number of hydrogen-bond acceptors (Lipinski definition) is 2. The lowest BCUT2D eigenvalue weighted by Gasteiger charge is -2.16. The van der Waals surface area contributed by atoms with Crippen molar-refractivity contribution in [2.24, 2.45) is 5.73 Å². The molecule has 3 nitrogen and oxygen atoms in total. The maximum Gasteiger partial charge on any atom is 0.250 e. The number of benzene rings is 2. The maximum absolute atomic E-state index is 11.6. The summed E-state index contributed by atoms with van der Waals surface area (Å²) >= 11 is 0. The Labute approximate surface area is 119 Å². The molecule has 0 aliphatic heterocycles. The van der Waals surface area contributed by atoms with E-state index in [9.17, 15) is 4.79 Å². The highest BCUT2D eigenvalue weighted by atomic mass is 16.1. The molecule has 2 aromatic rings. The first-order chi connectivity index (χ1) is 9.65. The molecule has 1 amide bonds. The Balaban J connectivity index is 2.60. The fraction of sp³-hybridized carbons (Fsp3) is 0.235. The molecule has 0 heterocycles. The van der Waals surface area contributed by atoms with Gasteiger partial charge < -0.3 is 11.1 Å². The van der Waals surface area contributed by atoms with Gasteiger partial charge in [0.25, 0.3) is 5.91 Å². The molecule has 0 saturated heterocycles. The minimum Gasteiger partial charge on any atom is -0.384 e. The van der Waals surface area contributed by atoms with Gasteiger partial charge in [0.2, 0.25) is 0 Å². The molecule has 0 fully saturated rings. The number of para-hydroxylation sites is 1. The monoisotopic (exact) mass is 268 g/mol. The molecule has 3 N–H and O–H groups in total. The molecule has 0 aliphatic carbocycles. The fourth-order valence-corrected chi connectivity index (χ4v) is 2.30. The van der Waals surface area contributed by atoms with Crippen molar-refractivity contribution in [1.29, 1.82) is 0 Å². The van der Waals surface area contributed by atoms with E-state index in [4.69, 9.17) is 5.73 Å². The first kappa shape index (κ1) is 14.1. The van der Waals surface area contributed by atoms with Crippen LogP contribution in [0.15, 0.2) is 42.5 Å². The summed E-state index contributed by atoms with van der Waals surface area (Å²) in [6.45, 7) is 4.96. The van der Waals surface area contributed by atoms with E-state index in [1.54, 1.807) is 6.07 Å². The van der Waals surface area contributed by atoms with E-state index in [0.29, 0.717) is 5.56 Å². The number of carbonyl (C=O) groups excluding carboxylic acids is 1. The zero-order chi connectivity index (χ0) is 14.5. The molecule has 2 rings (SSSR count). The molecule has 2 aromatic carbocycles. The quantitative estimate of drug-likeness (QED) is 0.870. The van der Waals surface area contributed by atoms with Crippen LogP contribution in [0, 0.1) is 6.92 Å². The van der Waals surface area contributed by atoms with Crippen LogP contribution in [0.1, 0.15) is 29.3 Å². The van der Waals surface area contributed by atoms with E-state index >= 15 is 0 Å². The Hall–Kier alpha value is -2.29. The molecule has 20 heavy (non-hydrogen) atoms. The molecule has 0 bridgehead atoms. The van der Waals surface area contributed by atoms with E-state index in [2.05, 4.69) is 31.3 Å². The molecule has 0 unspecified atom stereocenters. The zero-order valence-corrected chi connectivity index (χ0v) is 11.9. The molecule has 3 heteroatoms. The largest absolute Gasteiger partial charge is 0.384 e. The van der Waals surface area contributed by atoms with Crippen LogP contribution in [0.3, 0.4) is 0 Å². The summed E-state index contributed by atoms with van der Waals surface area (Å²) in [5.74, 6) is -0.404. The highest BCUT2D eigenvalue weighted by molar-refractivity contribution is 6.02. The van der Waals surface area contributed by atoms with Gasteiger partial charge in [-0.15, -0.1) is 0 Å². The molecular formula is C17H20N2O. The van der Waals surface area contributed by atoms with Gasteiger partial charge >= 0.3 is 0 Å². The van der Waals surface area contributed by atoms with Crippen LogP contribution in [-0.2, 0) is 0 Å². The smallest absolute Gasteiger partial charge is 0.250 e. The number of carbonyl (C=O) groups is 1. The molecule has 0 aromatic heterocycles. The maximum atomic E-state index is 11.6. The number of aryl methyl sites for hydroxylation is 1. The van der Waals surface area contributed by atoms with Crippen LogP contribution in [0.2, 0.25) is 0 Å². The Morgan fingerprint density at radius 3 is 2.45 bits per heavy atom. The topological polar surface area (TPSA) is 55.1 Å². The van der Waals surface area contributed by atoms with Gasteiger partial charge in [0, 0.05) is 12.1 Å². The van der Waals surface area contributed by atoms with E-state index in [1.807, 2.05) is 24.3 Å². The van der Waals surface area contributed by atoms with Crippen LogP contribution < -0.4 is 11.1 Å². The van der Waals surface area contributed by atoms with Crippen molar-refractivity contribution in [3.63, 3.8) is 0 Å². The number of nitrogens with one attached hydrogen (secondary N) is 1. The molecule has 0 saturated carbocycles. The van der Waals surface area contributed by atoms with Crippen molar-refractivity contribution < 1.29 is 4.79 Å². The highest BCUT2D eigenvalue weighted by Crippen LogP contribution is 2.33. The molecule has 0 aliphatic rings. The van der Waals surface area contributed by atoms with E-state index in [1.165, 1.54) is 5.56 Å². The van der Waals surface area contributed by atoms with E-state index < -0.39 is 5.91 Å². The third kappa shape index (κ3) is 2.82. The number of nitrogens with two attached hydrogens (primary N) is 1. The highest BCUT2D eigenvalue weighted by Gasteiger charge is 2.14. The average molecular weight is 268 g/mol. The van der Waals surface area contributed by atoms with Crippen molar-refractivity contribution in [2.75, 3.05) is 11.9 Å². The number of rotatable bonds is 5. The molecule has 104 valence electrons. The SMILES string of the molecule is CCCNc1c(C(N)=O)cccc1-c1ccccc1C. The van der Waals surface area contributed by atoms with Crippen molar-refractivity contribution in [3.8, 4) is 11.1 Å². The Bertz CT molecular complexity index is 620. The van der Waals surface area contributed by atoms with Gasteiger partial charge in [0.05, 0.1) is 11.3 Å². The van der Waals surface area contributed by atoms with Gasteiger partial charge in [-0.2, -0.15) is 0 Å². The Morgan fingerprint density at radius 1 is 1.10 bits per heavy atom. The number of anilines is 1. The summed E-state index contributed by atoms with van der Waals surface area (Å²) in [7, 11) is 0. The summed E-state index contributed by atoms with van der Waals surface area (Å²) < 4.78 is 0. The lowest BCUT2D eigenvalue weighted by atomic mass is 9.96. The second kappa shape index (κ2) is 6.24. The first-order valence-electron chi connectivity index (χ1n) is 6.87. The summed E-state index contributed by atoms with van der Waals surface area (Å²) in [4.78, 5) is 11.6. The van der Waals surface area contributed by atoms with Crippen molar-refractivity contribution in [3.05, 3.63) is 53.6 Å². The average Bonchev–Trinajstić information content (AvgIpc) is 2.45. The second-order valence-corrected chi connectivity index (χ2v) is 4.83. The van der Waals surface area contributed by atoms with E-state index in [-0.39, 0.29) is 0 Å². The number of hydrogen-bond donors (Lipinski definition) is 2. The van der Waals surface area contributed by atoms with Crippen molar-refractivity contribution in [2.45, 2.75) is 20.3 Å². The third-order valence-corrected chi connectivity index (χ3v) is 3.32. The van der Waals surface area contributed by atoms with Crippen molar-refractivity contribution in [1.82, 2.24) is 0 Å². The number of primary amides is 1. The van der Waals surface area contributed by atoms with Crippen LogP contribution in [0.25, 0.3) is 11.1 Å². The fourth-order valence-electron chi connectivity index (χ4n) is 2.30. The molecule has 0 spiro atoms. The third-order valence-electron chi connectivity index (χ3n) is 3.32. The van der Waals surface area contributed by atoms with Crippen LogP contribution in [0.4, 0.5) is 5.69 Å². The summed E-state index contributed by atoms with van der Waals surface area (Å²) in [5.41, 5.74) is 10.2. The van der Waals surface area contributed by atoms with Crippen molar-refractivity contribution >= 4 is 11.6 Å². The zero-order valence-electron chi connectivity index (χ0n) is 11.9. The van der Waals surface area contributed by atoms with Gasteiger partial charge in [-0.1, -0.05) is 43.3 Å².